The van der Waals surface area contributed by atoms with Crippen LogP contribution in [0.15, 0.2) is 54.9 Å². The number of nitrogens with one attached hydrogen (secondary N) is 1. The fourth-order valence-electron chi connectivity index (χ4n) is 3.02. The van der Waals surface area contributed by atoms with Crippen molar-refractivity contribution < 1.29 is 22.7 Å². The van der Waals surface area contributed by atoms with E-state index in [-0.39, 0.29) is 23.1 Å². The molecule has 3 heterocycles. The largest absolute Gasteiger partial charge is 0.467 e. The SMILES string of the molecule is Cc1ccc2nc(CNC(=O)COc3cc(C(F)(F)F)nn3-c3ccccc3Cl)cn2c1. The van der Waals surface area contributed by atoms with Crippen molar-refractivity contribution in [1.82, 2.24) is 24.5 Å². The summed E-state index contributed by atoms with van der Waals surface area (Å²) in [5.41, 5.74) is 1.46. The van der Waals surface area contributed by atoms with Gasteiger partial charge in [-0.05, 0) is 30.7 Å². The summed E-state index contributed by atoms with van der Waals surface area (Å²) in [6.45, 7) is 1.58. The number of rotatable bonds is 6. The molecule has 7 nitrogen and oxygen atoms in total. The van der Waals surface area contributed by atoms with Gasteiger partial charge < -0.3 is 14.5 Å². The van der Waals surface area contributed by atoms with Crippen molar-refractivity contribution in [2.75, 3.05) is 6.61 Å². The number of amides is 1. The number of aromatic nitrogens is 4. The maximum Gasteiger partial charge on any atom is 0.435 e. The molecule has 0 saturated carbocycles. The third-order valence-electron chi connectivity index (χ3n) is 4.51. The number of benzene rings is 1. The van der Waals surface area contributed by atoms with E-state index in [9.17, 15) is 18.0 Å². The van der Waals surface area contributed by atoms with Crippen molar-refractivity contribution >= 4 is 23.2 Å². The number of carbonyl (C=O) groups is 1. The first-order valence-corrected chi connectivity index (χ1v) is 9.84. The monoisotopic (exact) mass is 463 g/mol. The predicted molar refractivity (Wildman–Crippen MR) is 111 cm³/mol. The van der Waals surface area contributed by atoms with E-state index in [1.165, 1.54) is 12.1 Å². The highest BCUT2D eigenvalue weighted by atomic mass is 35.5. The van der Waals surface area contributed by atoms with Gasteiger partial charge in [-0.15, -0.1) is 0 Å². The Bertz CT molecular complexity index is 1280. The molecular weight excluding hydrogens is 447 g/mol. The molecule has 3 aromatic heterocycles. The van der Waals surface area contributed by atoms with Gasteiger partial charge in [-0.3, -0.25) is 4.79 Å². The first-order valence-electron chi connectivity index (χ1n) is 9.46. The molecule has 0 saturated heterocycles. The maximum absolute atomic E-state index is 13.2. The molecule has 1 aromatic carbocycles. The average Bonchev–Trinajstić information content (AvgIpc) is 3.34. The zero-order valence-corrected chi connectivity index (χ0v) is 17.5. The number of fused-ring (bicyclic) bond motifs is 1. The van der Waals surface area contributed by atoms with Crippen LogP contribution in [0.5, 0.6) is 5.88 Å². The molecule has 0 unspecified atom stereocenters. The smallest absolute Gasteiger partial charge is 0.435 e. The molecule has 0 aliphatic carbocycles. The quantitative estimate of drug-likeness (QED) is 0.465. The molecule has 0 fully saturated rings. The summed E-state index contributed by atoms with van der Waals surface area (Å²) in [5, 5.41) is 6.37. The second-order valence-corrected chi connectivity index (χ2v) is 7.41. The Labute approximate surface area is 185 Å². The molecule has 4 rings (SSSR count). The minimum absolute atomic E-state index is 0.139. The number of halogens is 4. The Morgan fingerprint density at radius 2 is 1.97 bits per heavy atom. The van der Waals surface area contributed by atoms with Crippen LogP contribution in [0.3, 0.4) is 0 Å². The summed E-state index contributed by atoms with van der Waals surface area (Å²) in [7, 11) is 0. The third kappa shape index (κ3) is 4.70. The van der Waals surface area contributed by atoms with Gasteiger partial charge in [0.05, 0.1) is 22.9 Å². The third-order valence-corrected chi connectivity index (χ3v) is 4.83. The Balaban J connectivity index is 1.45. The Morgan fingerprint density at radius 3 is 2.72 bits per heavy atom. The second kappa shape index (κ2) is 8.54. The van der Waals surface area contributed by atoms with E-state index in [1.807, 2.05) is 29.7 Å². The van der Waals surface area contributed by atoms with Crippen molar-refractivity contribution in [3.05, 3.63) is 76.8 Å². The lowest BCUT2D eigenvalue weighted by atomic mass is 10.3. The topological polar surface area (TPSA) is 73.4 Å². The van der Waals surface area contributed by atoms with Crippen molar-refractivity contribution in [3.8, 4) is 11.6 Å². The Morgan fingerprint density at radius 1 is 1.19 bits per heavy atom. The van der Waals surface area contributed by atoms with Crippen LogP contribution in [0.25, 0.3) is 11.3 Å². The molecule has 11 heteroatoms. The predicted octanol–water partition coefficient (Wildman–Crippen LogP) is 4.20. The van der Waals surface area contributed by atoms with Gasteiger partial charge in [-0.25, -0.2) is 4.98 Å². The lowest BCUT2D eigenvalue weighted by Crippen LogP contribution is -2.28. The van der Waals surface area contributed by atoms with Crippen molar-refractivity contribution in [1.29, 1.82) is 0 Å². The lowest BCUT2D eigenvalue weighted by Gasteiger charge is -2.10. The first kappa shape index (κ1) is 21.7. The molecule has 1 N–H and O–H groups in total. The summed E-state index contributed by atoms with van der Waals surface area (Å²) in [5.74, 6) is -0.789. The fraction of sp³-hybridized carbons (Fsp3) is 0.190. The summed E-state index contributed by atoms with van der Waals surface area (Å²) in [6.07, 6.45) is -0.995. The van der Waals surface area contributed by atoms with E-state index in [0.717, 1.165) is 22.0 Å². The number of hydrogen-bond donors (Lipinski definition) is 1. The summed E-state index contributed by atoms with van der Waals surface area (Å²) in [4.78, 5) is 16.6. The van der Waals surface area contributed by atoms with Crippen molar-refractivity contribution in [2.24, 2.45) is 0 Å². The van der Waals surface area contributed by atoms with Gasteiger partial charge in [0.2, 0.25) is 5.88 Å². The van der Waals surface area contributed by atoms with Crippen LogP contribution in [0.4, 0.5) is 13.2 Å². The molecule has 32 heavy (non-hydrogen) atoms. The van der Waals surface area contributed by atoms with Gasteiger partial charge in [0.1, 0.15) is 5.65 Å². The van der Waals surface area contributed by atoms with Crippen LogP contribution in [0.1, 0.15) is 17.0 Å². The molecule has 0 radical (unpaired) electrons. The van der Waals surface area contributed by atoms with Crippen molar-refractivity contribution in [3.63, 3.8) is 0 Å². The number of carbonyl (C=O) groups excluding carboxylic acids is 1. The Hall–Kier alpha value is -3.53. The fourth-order valence-corrected chi connectivity index (χ4v) is 3.24. The number of alkyl halides is 3. The van der Waals surface area contributed by atoms with Crippen LogP contribution in [0.2, 0.25) is 5.02 Å². The van der Waals surface area contributed by atoms with Crippen LogP contribution >= 0.6 is 11.6 Å². The molecule has 4 aromatic rings. The number of imidazole rings is 1. The van der Waals surface area contributed by atoms with E-state index in [2.05, 4.69) is 15.4 Å². The minimum atomic E-state index is -4.69. The molecule has 166 valence electrons. The summed E-state index contributed by atoms with van der Waals surface area (Å²) < 4.78 is 47.6. The second-order valence-electron chi connectivity index (χ2n) is 7.00. The number of aryl methyl sites for hydroxylation is 1. The standard InChI is InChI=1S/C21H17ClF3N5O2/c1-13-6-7-18-27-14(11-29(18)10-13)9-26-19(31)12-32-20-8-17(21(23,24)25)28-30(20)16-5-3-2-4-15(16)22/h2-8,10-11H,9,12H2,1H3,(H,26,31). The number of nitrogens with zero attached hydrogens (tertiary/aromatic N) is 4. The van der Waals surface area contributed by atoms with E-state index < -0.39 is 24.4 Å². The Kier molecular flexibility index (Phi) is 5.79. The number of ether oxygens (including phenoxy) is 1. The molecule has 0 aliphatic rings. The zero-order chi connectivity index (χ0) is 22.9. The highest BCUT2D eigenvalue weighted by Gasteiger charge is 2.36. The maximum atomic E-state index is 13.2. The van der Waals surface area contributed by atoms with Crippen LogP contribution < -0.4 is 10.1 Å². The normalized spacial score (nSPS) is 11.7. The number of para-hydroxylation sites is 1. The van der Waals surface area contributed by atoms with E-state index >= 15 is 0 Å². The zero-order valence-electron chi connectivity index (χ0n) is 16.7. The molecule has 0 atom stereocenters. The molecule has 0 spiro atoms. The van der Waals surface area contributed by atoms with Crippen LogP contribution in [-0.4, -0.2) is 31.7 Å². The van der Waals surface area contributed by atoms with Gasteiger partial charge in [-0.2, -0.15) is 23.0 Å². The van der Waals surface area contributed by atoms with Gasteiger partial charge in [0.25, 0.3) is 5.91 Å². The van der Waals surface area contributed by atoms with Crippen LogP contribution in [0, 0.1) is 6.92 Å². The van der Waals surface area contributed by atoms with Gasteiger partial charge >= 0.3 is 6.18 Å². The molecule has 0 bridgehead atoms. The van der Waals surface area contributed by atoms with Gasteiger partial charge in [-0.1, -0.05) is 29.8 Å². The van der Waals surface area contributed by atoms with E-state index in [4.69, 9.17) is 16.3 Å². The van der Waals surface area contributed by atoms with Gasteiger partial charge in [0, 0.05) is 18.5 Å². The lowest BCUT2D eigenvalue weighted by molar-refractivity contribution is -0.141. The highest BCUT2D eigenvalue weighted by molar-refractivity contribution is 6.32. The minimum Gasteiger partial charge on any atom is -0.467 e. The highest BCUT2D eigenvalue weighted by Crippen LogP contribution is 2.33. The average molecular weight is 464 g/mol. The van der Waals surface area contributed by atoms with Gasteiger partial charge in [0.15, 0.2) is 12.3 Å². The molecule has 0 aliphatic heterocycles. The molecule has 1 amide bonds. The van der Waals surface area contributed by atoms with Crippen molar-refractivity contribution in [2.45, 2.75) is 19.6 Å². The van der Waals surface area contributed by atoms with Crippen LogP contribution in [-0.2, 0) is 17.5 Å². The van der Waals surface area contributed by atoms with E-state index in [1.54, 1.807) is 18.3 Å². The summed E-state index contributed by atoms with van der Waals surface area (Å²) >= 11 is 6.09. The number of hydrogen-bond acceptors (Lipinski definition) is 4. The number of pyridine rings is 1. The summed E-state index contributed by atoms with van der Waals surface area (Å²) in [6, 6.07) is 10.7. The van der Waals surface area contributed by atoms with E-state index in [0.29, 0.717) is 5.69 Å². The first-order chi connectivity index (χ1) is 15.2. The molecular formula is C21H17ClF3N5O2.